The molecule has 0 radical (unpaired) electrons. The summed E-state index contributed by atoms with van der Waals surface area (Å²) in [6, 6.07) is 9.41. The second-order valence-corrected chi connectivity index (χ2v) is 8.95. The van der Waals surface area contributed by atoms with Crippen molar-refractivity contribution in [2.75, 3.05) is 0 Å². The van der Waals surface area contributed by atoms with E-state index in [0.29, 0.717) is 21.0 Å². The van der Waals surface area contributed by atoms with Gasteiger partial charge in [-0.05, 0) is 0 Å². The fourth-order valence-corrected chi connectivity index (χ4v) is 6.00. The standard InChI is InChI=1S/C16H18INSe/c1-11(17)15-13-9-5-6-10-14(13)16(19-15)18-12-7-3-2-4-8-12/h5-6,9-10,12H,2-4,7-8H2,1H3/b15-11-,18-16?. The summed E-state index contributed by atoms with van der Waals surface area (Å²) >= 11 is 2.87. The predicted octanol–water partition coefficient (Wildman–Crippen LogP) is 4.61. The second-order valence-electron chi connectivity index (χ2n) is 5.24. The first-order valence-electron chi connectivity index (χ1n) is 6.97. The number of nitrogens with zero attached hydrogens (tertiary/aromatic N) is 1. The molecule has 19 heavy (non-hydrogen) atoms. The molecule has 0 atom stereocenters. The Balaban J connectivity index is 1.96. The molecular formula is C16H18INSe. The van der Waals surface area contributed by atoms with Crippen molar-refractivity contribution in [1.82, 2.24) is 0 Å². The van der Waals surface area contributed by atoms with Gasteiger partial charge in [-0.1, -0.05) is 0 Å². The third-order valence-electron chi connectivity index (χ3n) is 3.79. The third kappa shape index (κ3) is 2.98. The van der Waals surface area contributed by atoms with Crippen LogP contribution in [0.1, 0.15) is 50.2 Å². The van der Waals surface area contributed by atoms with Gasteiger partial charge in [0.2, 0.25) is 0 Å². The van der Waals surface area contributed by atoms with Crippen LogP contribution in [-0.2, 0) is 0 Å². The first kappa shape index (κ1) is 13.8. The number of hydrogen-bond acceptors (Lipinski definition) is 1. The van der Waals surface area contributed by atoms with E-state index in [2.05, 4.69) is 53.8 Å². The zero-order valence-corrected chi connectivity index (χ0v) is 15.0. The van der Waals surface area contributed by atoms with Gasteiger partial charge in [0, 0.05) is 0 Å². The van der Waals surface area contributed by atoms with Gasteiger partial charge >= 0.3 is 136 Å². The quantitative estimate of drug-likeness (QED) is 0.456. The molecule has 0 amide bonds. The van der Waals surface area contributed by atoms with E-state index in [9.17, 15) is 0 Å². The number of rotatable bonds is 1. The summed E-state index contributed by atoms with van der Waals surface area (Å²) in [6.07, 6.45) is 6.73. The molecule has 3 rings (SSSR count). The topological polar surface area (TPSA) is 12.4 Å². The molecule has 1 aromatic rings. The van der Waals surface area contributed by atoms with E-state index in [1.807, 2.05) is 0 Å². The monoisotopic (exact) mass is 431 g/mol. The predicted molar refractivity (Wildman–Crippen MR) is 92.2 cm³/mol. The molecule has 100 valence electrons. The van der Waals surface area contributed by atoms with E-state index in [0.717, 1.165) is 0 Å². The van der Waals surface area contributed by atoms with E-state index in [4.69, 9.17) is 4.99 Å². The van der Waals surface area contributed by atoms with Crippen molar-refractivity contribution < 1.29 is 0 Å². The van der Waals surface area contributed by atoms with E-state index in [-0.39, 0.29) is 0 Å². The first-order valence-corrected chi connectivity index (χ1v) is 9.76. The molecule has 0 N–H and O–H groups in total. The number of halogens is 1. The van der Waals surface area contributed by atoms with Gasteiger partial charge in [0.15, 0.2) is 0 Å². The van der Waals surface area contributed by atoms with Gasteiger partial charge < -0.3 is 0 Å². The van der Waals surface area contributed by atoms with Crippen molar-refractivity contribution in [3.05, 3.63) is 39.0 Å². The van der Waals surface area contributed by atoms with Gasteiger partial charge in [0.05, 0.1) is 0 Å². The summed E-state index contributed by atoms with van der Waals surface area (Å²) < 4.78 is 4.36. The van der Waals surface area contributed by atoms with E-state index in [1.54, 1.807) is 4.47 Å². The fraction of sp³-hybridized carbons (Fsp3) is 0.438. The van der Waals surface area contributed by atoms with Gasteiger partial charge in [0.1, 0.15) is 0 Å². The van der Waals surface area contributed by atoms with Gasteiger partial charge in [-0.2, -0.15) is 0 Å². The molecule has 0 unspecified atom stereocenters. The van der Waals surface area contributed by atoms with Crippen LogP contribution in [0.5, 0.6) is 0 Å². The number of hydrogen-bond donors (Lipinski definition) is 0. The number of aliphatic imine (C=N–C) groups is 1. The van der Waals surface area contributed by atoms with Crippen LogP contribution in [0, 0.1) is 0 Å². The molecule has 1 aliphatic heterocycles. The molecule has 1 aliphatic carbocycles. The molecule has 1 aromatic carbocycles. The molecule has 1 nitrogen and oxygen atoms in total. The normalized spacial score (nSPS) is 24.6. The van der Waals surface area contributed by atoms with E-state index >= 15 is 0 Å². The Morgan fingerprint density at radius 2 is 1.84 bits per heavy atom. The second kappa shape index (κ2) is 6.11. The molecule has 2 aliphatic rings. The van der Waals surface area contributed by atoms with Crippen LogP contribution >= 0.6 is 22.6 Å². The van der Waals surface area contributed by atoms with Gasteiger partial charge in [-0.15, -0.1) is 0 Å². The van der Waals surface area contributed by atoms with Gasteiger partial charge in [-0.3, -0.25) is 0 Å². The van der Waals surface area contributed by atoms with Crippen LogP contribution in [0.25, 0.3) is 4.47 Å². The number of benzene rings is 1. The Hall–Kier alpha value is -0.121. The van der Waals surface area contributed by atoms with Gasteiger partial charge in [-0.25, -0.2) is 0 Å². The SMILES string of the molecule is C/C(I)=C1/[Se]C(=NC2CCCCC2)c2ccccc21. The zero-order chi connectivity index (χ0) is 13.2. The Morgan fingerprint density at radius 3 is 2.53 bits per heavy atom. The summed E-state index contributed by atoms with van der Waals surface area (Å²) in [6.45, 7) is 2.22. The molecule has 0 saturated heterocycles. The maximum atomic E-state index is 5.12. The van der Waals surface area contributed by atoms with Crippen LogP contribution in [0.4, 0.5) is 0 Å². The van der Waals surface area contributed by atoms with Crippen LogP contribution in [0.3, 0.4) is 0 Å². The maximum absolute atomic E-state index is 5.12. The van der Waals surface area contributed by atoms with Crippen molar-refractivity contribution in [2.45, 2.75) is 45.1 Å². The van der Waals surface area contributed by atoms with Crippen LogP contribution in [-0.4, -0.2) is 25.6 Å². The van der Waals surface area contributed by atoms with E-state index < -0.39 is 0 Å². The third-order valence-corrected chi connectivity index (χ3v) is 7.77. The van der Waals surface area contributed by atoms with Crippen molar-refractivity contribution >= 4 is 46.6 Å². The van der Waals surface area contributed by atoms with Crippen LogP contribution in [0.15, 0.2) is 32.8 Å². The average Bonchev–Trinajstić information content (AvgIpc) is 2.79. The Morgan fingerprint density at radius 1 is 1.16 bits per heavy atom. The number of fused-ring (bicyclic) bond motifs is 1. The summed E-state index contributed by atoms with van der Waals surface area (Å²) in [5.74, 6) is 0. The number of allylic oxidation sites excluding steroid dienone is 1. The minimum atomic E-state index is 0.409. The fourth-order valence-electron chi connectivity index (χ4n) is 2.80. The summed E-state index contributed by atoms with van der Waals surface area (Å²) in [5, 5.41) is 0. The van der Waals surface area contributed by atoms with Crippen molar-refractivity contribution in [2.24, 2.45) is 4.99 Å². The van der Waals surface area contributed by atoms with Crippen molar-refractivity contribution in [3.63, 3.8) is 0 Å². The molecular weight excluding hydrogens is 412 g/mol. The molecule has 0 aromatic heterocycles. The van der Waals surface area contributed by atoms with Crippen molar-refractivity contribution in [1.29, 1.82) is 0 Å². The summed E-state index contributed by atoms with van der Waals surface area (Å²) in [5.41, 5.74) is 2.84. The summed E-state index contributed by atoms with van der Waals surface area (Å²) in [4.78, 5) is 5.12. The van der Waals surface area contributed by atoms with Crippen molar-refractivity contribution in [3.8, 4) is 0 Å². The Bertz CT molecular complexity index is 537. The Labute approximate surface area is 135 Å². The van der Waals surface area contributed by atoms with Crippen LogP contribution in [0.2, 0.25) is 0 Å². The molecule has 3 heteroatoms. The molecule has 1 saturated carbocycles. The minimum absolute atomic E-state index is 0.409. The zero-order valence-electron chi connectivity index (χ0n) is 11.2. The first-order chi connectivity index (χ1) is 9.25. The van der Waals surface area contributed by atoms with E-state index in [1.165, 1.54) is 51.4 Å². The molecule has 0 bridgehead atoms. The average molecular weight is 430 g/mol. The Kier molecular flexibility index (Phi) is 4.45. The van der Waals surface area contributed by atoms with Crippen LogP contribution < -0.4 is 0 Å². The molecule has 0 spiro atoms. The molecule has 1 heterocycles. The summed E-state index contributed by atoms with van der Waals surface area (Å²) in [7, 11) is 0. The molecule has 1 fully saturated rings. The van der Waals surface area contributed by atoms with Gasteiger partial charge in [0.25, 0.3) is 0 Å².